The predicted molar refractivity (Wildman–Crippen MR) is 121 cm³/mol. The van der Waals surface area contributed by atoms with Crippen LogP contribution in [0.25, 0.3) is 0 Å². The molecule has 0 aliphatic heterocycles. The highest BCUT2D eigenvalue weighted by atomic mass is 127. The summed E-state index contributed by atoms with van der Waals surface area (Å²) in [6.45, 7) is 3.99. The maximum absolute atomic E-state index is 12.8. The molecule has 5 nitrogen and oxygen atoms in total. The van der Waals surface area contributed by atoms with Crippen LogP contribution in [-0.2, 0) is 14.0 Å². The molecule has 0 aliphatic rings. The van der Waals surface area contributed by atoms with Crippen LogP contribution in [0.4, 0.5) is 0 Å². The Hall–Kier alpha value is -2.19. The van der Waals surface area contributed by atoms with Gasteiger partial charge < -0.3 is 9.47 Å². The summed E-state index contributed by atoms with van der Waals surface area (Å²) < 4.78 is 12.1. The first-order chi connectivity index (χ1) is 14.0. The fourth-order valence-electron chi connectivity index (χ4n) is 2.80. The number of hydrogen-bond acceptors (Lipinski definition) is 5. The van der Waals surface area contributed by atoms with Crippen molar-refractivity contribution in [2.75, 3.05) is 6.61 Å². The van der Waals surface area contributed by atoms with E-state index in [1.165, 1.54) is 0 Å². The predicted octanol–water partition coefficient (Wildman–Crippen LogP) is 5.86. The lowest BCUT2D eigenvalue weighted by atomic mass is 9.94. The normalized spacial score (nSPS) is 11.7. The largest absolute Gasteiger partial charge is 0.465 e. The molecule has 0 amide bonds. The van der Waals surface area contributed by atoms with Gasteiger partial charge in [-0.05, 0) is 55.3 Å². The highest BCUT2D eigenvalue weighted by Crippen LogP contribution is 2.34. The molecule has 0 spiro atoms. The van der Waals surface area contributed by atoms with Crippen LogP contribution in [0, 0.1) is 6.92 Å². The van der Waals surface area contributed by atoms with Gasteiger partial charge in [-0.2, -0.15) is 10.2 Å². The van der Waals surface area contributed by atoms with Crippen LogP contribution in [-0.4, -0.2) is 22.8 Å². The molecule has 1 aromatic heterocycles. The van der Waals surface area contributed by atoms with E-state index < -0.39 is 5.92 Å². The summed E-state index contributed by atoms with van der Waals surface area (Å²) in [5.41, 5.74) is 3.02. The van der Waals surface area contributed by atoms with E-state index in [2.05, 4.69) is 32.8 Å². The van der Waals surface area contributed by atoms with E-state index in [-0.39, 0.29) is 12.6 Å². The Bertz CT molecular complexity index is 996. The van der Waals surface area contributed by atoms with E-state index in [9.17, 15) is 4.79 Å². The van der Waals surface area contributed by atoms with Crippen LogP contribution in [0.5, 0.6) is 11.5 Å². The summed E-state index contributed by atoms with van der Waals surface area (Å²) in [5, 5.41) is 8.97. The van der Waals surface area contributed by atoms with E-state index in [0.29, 0.717) is 27.8 Å². The Balaban J connectivity index is 2.01. The minimum atomic E-state index is -0.695. The highest BCUT2D eigenvalue weighted by Gasteiger charge is 2.27. The molecule has 0 saturated heterocycles. The van der Waals surface area contributed by atoms with Crippen LogP contribution in [0.1, 0.15) is 35.4 Å². The number of hydrogen-bond donors (Lipinski definition) is 0. The van der Waals surface area contributed by atoms with Gasteiger partial charge in [0.15, 0.2) is 0 Å². The maximum Gasteiger partial charge on any atom is 0.319 e. The Morgan fingerprint density at radius 2 is 1.90 bits per heavy atom. The van der Waals surface area contributed by atoms with Gasteiger partial charge >= 0.3 is 5.97 Å². The lowest BCUT2D eigenvalue weighted by Gasteiger charge is -2.18. The van der Waals surface area contributed by atoms with Gasteiger partial charge in [-0.1, -0.05) is 58.5 Å². The van der Waals surface area contributed by atoms with Gasteiger partial charge in [0.2, 0.25) is 0 Å². The van der Waals surface area contributed by atoms with Crippen molar-refractivity contribution < 1.29 is 14.3 Å². The Morgan fingerprint density at radius 3 is 2.55 bits per heavy atom. The number of ether oxygens (including phenoxy) is 2. The summed E-state index contributed by atoms with van der Waals surface area (Å²) in [7, 11) is 0. The van der Waals surface area contributed by atoms with Crippen molar-refractivity contribution in [3.63, 3.8) is 0 Å². The van der Waals surface area contributed by atoms with Crippen molar-refractivity contribution in [2.24, 2.45) is 0 Å². The maximum atomic E-state index is 12.8. The third-order valence-electron chi connectivity index (χ3n) is 4.30. The minimum Gasteiger partial charge on any atom is -0.465 e. The first kappa shape index (κ1) is 21.5. The molecule has 0 N–H and O–H groups in total. The molecule has 1 unspecified atom stereocenters. The molecule has 1 heterocycles. The molecule has 150 valence electrons. The van der Waals surface area contributed by atoms with Crippen LogP contribution >= 0.6 is 34.2 Å². The highest BCUT2D eigenvalue weighted by molar-refractivity contribution is 14.1. The van der Waals surface area contributed by atoms with Crippen LogP contribution in [0.15, 0.2) is 54.6 Å². The molecule has 0 bridgehead atoms. The number of aryl methyl sites for hydroxylation is 1. The number of rotatable bonds is 7. The number of halogens is 2. The Morgan fingerprint density at radius 1 is 1.10 bits per heavy atom. The molecule has 0 radical (unpaired) electrons. The zero-order chi connectivity index (χ0) is 20.8. The average molecular weight is 523 g/mol. The number of carbonyl (C=O) groups is 1. The molecule has 3 rings (SSSR count). The zero-order valence-electron chi connectivity index (χ0n) is 16.1. The van der Waals surface area contributed by atoms with Crippen molar-refractivity contribution in [2.45, 2.75) is 24.2 Å². The third-order valence-corrected chi connectivity index (χ3v) is 5.39. The van der Waals surface area contributed by atoms with Crippen molar-refractivity contribution >= 4 is 40.2 Å². The average Bonchev–Trinajstić information content (AvgIpc) is 2.73. The first-order valence-corrected chi connectivity index (χ1v) is 11.0. The molecular formula is C22H20ClIN2O3. The molecule has 29 heavy (non-hydrogen) atoms. The minimum absolute atomic E-state index is 0.281. The Labute approximate surface area is 188 Å². The molecule has 1 atom stereocenters. The number of nitrogens with zero attached hydrogens (tertiary/aromatic N) is 2. The standard InChI is InChI=1S/C22H20ClIN2O3/c1-3-28-22(27)21(18-11-10-16(13-24)25-26-18)15-9-8-14(2)20(12-15)29-19-7-5-4-6-17(19)23/h4-12,21H,3,13H2,1-2H3. The van der Waals surface area contributed by atoms with Gasteiger partial charge in [0.1, 0.15) is 17.4 Å². The van der Waals surface area contributed by atoms with Crippen molar-refractivity contribution in [1.29, 1.82) is 0 Å². The van der Waals surface area contributed by atoms with E-state index in [1.807, 2.05) is 49.4 Å². The second-order valence-corrected chi connectivity index (χ2v) is 7.50. The van der Waals surface area contributed by atoms with E-state index >= 15 is 0 Å². The van der Waals surface area contributed by atoms with Gasteiger partial charge in [-0.3, -0.25) is 4.79 Å². The van der Waals surface area contributed by atoms with E-state index in [4.69, 9.17) is 21.1 Å². The smallest absolute Gasteiger partial charge is 0.319 e. The number of para-hydroxylation sites is 1. The van der Waals surface area contributed by atoms with Gasteiger partial charge in [-0.25, -0.2) is 0 Å². The van der Waals surface area contributed by atoms with E-state index in [1.54, 1.807) is 19.1 Å². The number of alkyl halides is 1. The number of esters is 1. The molecule has 0 aliphatic carbocycles. The lowest BCUT2D eigenvalue weighted by Crippen LogP contribution is -2.19. The second kappa shape index (κ2) is 10.0. The van der Waals surface area contributed by atoms with Gasteiger partial charge in [-0.15, -0.1) is 0 Å². The molecule has 3 aromatic rings. The van der Waals surface area contributed by atoms with Crippen LogP contribution in [0.3, 0.4) is 0 Å². The topological polar surface area (TPSA) is 61.3 Å². The second-order valence-electron chi connectivity index (χ2n) is 6.33. The lowest BCUT2D eigenvalue weighted by molar-refractivity contribution is -0.143. The molecule has 7 heteroatoms. The van der Waals surface area contributed by atoms with Gasteiger partial charge in [0, 0.05) is 4.43 Å². The Kier molecular flexibility index (Phi) is 7.44. The summed E-state index contributed by atoms with van der Waals surface area (Å²) >= 11 is 8.45. The van der Waals surface area contributed by atoms with Crippen molar-refractivity contribution in [1.82, 2.24) is 10.2 Å². The summed E-state index contributed by atoms with van der Waals surface area (Å²) in [4.78, 5) is 12.8. The monoisotopic (exact) mass is 522 g/mol. The molecule has 2 aromatic carbocycles. The summed E-state index contributed by atoms with van der Waals surface area (Å²) in [6.07, 6.45) is 0. The molecular weight excluding hydrogens is 503 g/mol. The van der Waals surface area contributed by atoms with E-state index in [0.717, 1.165) is 15.7 Å². The SMILES string of the molecule is CCOC(=O)C(c1ccc(C)c(Oc2ccccc2Cl)c1)c1ccc(CI)nn1. The van der Waals surface area contributed by atoms with Crippen molar-refractivity contribution in [3.05, 3.63) is 82.1 Å². The fourth-order valence-corrected chi connectivity index (χ4v) is 3.38. The fraction of sp³-hybridized carbons (Fsp3) is 0.227. The zero-order valence-corrected chi connectivity index (χ0v) is 19.0. The quantitative estimate of drug-likeness (QED) is 0.221. The van der Waals surface area contributed by atoms with Crippen molar-refractivity contribution in [3.8, 4) is 11.5 Å². The first-order valence-electron chi connectivity index (χ1n) is 9.11. The summed E-state index contributed by atoms with van der Waals surface area (Å²) in [6, 6.07) is 16.6. The molecule has 0 fully saturated rings. The number of carbonyl (C=O) groups excluding carboxylic acids is 1. The van der Waals surface area contributed by atoms with Crippen LogP contribution < -0.4 is 4.74 Å². The summed E-state index contributed by atoms with van der Waals surface area (Å²) in [5.74, 6) is 0.0894. The van der Waals surface area contributed by atoms with Gasteiger partial charge in [0.05, 0.1) is 23.0 Å². The molecule has 0 saturated carbocycles. The van der Waals surface area contributed by atoms with Gasteiger partial charge in [0.25, 0.3) is 0 Å². The third kappa shape index (κ3) is 5.25. The number of aromatic nitrogens is 2. The van der Waals surface area contributed by atoms with Crippen LogP contribution in [0.2, 0.25) is 5.02 Å². The number of benzene rings is 2.